The summed E-state index contributed by atoms with van der Waals surface area (Å²) in [7, 11) is 2.19. The van der Waals surface area contributed by atoms with Crippen LogP contribution in [0, 0.1) is 10.8 Å². The van der Waals surface area contributed by atoms with Crippen molar-refractivity contribution in [2.75, 3.05) is 18.9 Å². The molecule has 0 aromatic carbocycles. The number of aromatic nitrogens is 2. The first-order valence-electron chi connectivity index (χ1n) is 16.5. The van der Waals surface area contributed by atoms with Gasteiger partial charge in [-0.25, -0.2) is 4.98 Å². The van der Waals surface area contributed by atoms with Gasteiger partial charge in [-0.3, -0.25) is 4.98 Å². The van der Waals surface area contributed by atoms with E-state index < -0.39 is 0 Å². The van der Waals surface area contributed by atoms with Crippen LogP contribution in [0.4, 0.5) is 5.82 Å². The second-order valence-corrected chi connectivity index (χ2v) is 12.0. The minimum Gasteiger partial charge on any atom is -0.378 e. The minimum atomic E-state index is 0.345. The Balaban J connectivity index is 0.000000829. The van der Waals surface area contributed by atoms with Crippen LogP contribution in [-0.2, 0) is 12.8 Å². The number of hydrogen-bond donors (Lipinski definition) is 2. The molecule has 1 aliphatic carbocycles. The molecule has 240 valence electrons. The Labute approximate surface area is 265 Å². The third kappa shape index (κ3) is 15.2. The van der Waals surface area contributed by atoms with Crippen LogP contribution >= 0.6 is 0 Å². The lowest BCUT2D eigenvalue weighted by Gasteiger charge is -2.28. The highest BCUT2D eigenvalue weighted by atomic mass is 15.1. The number of pyridine rings is 2. The van der Waals surface area contributed by atoms with Crippen molar-refractivity contribution < 1.29 is 0 Å². The Kier molecular flexibility index (Phi) is 20.7. The van der Waals surface area contributed by atoms with Crippen LogP contribution in [0.1, 0.15) is 135 Å². The van der Waals surface area contributed by atoms with Crippen LogP contribution in [0.15, 0.2) is 55.2 Å². The summed E-state index contributed by atoms with van der Waals surface area (Å²) in [5, 5.41) is 10.6. The first-order valence-corrected chi connectivity index (χ1v) is 16.5. The molecule has 0 aliphatic heterocycles. The molecule has 2 N–H and O–H groups in total. The zero-order valence-electron chi connectivity index (χ0n) is 29.5. The van der Waals surface area contributed by atoms with Crippen LogP contribution in [0.5, 0.6) is 0 Å². The van der Waals surface area contributed by atoms with Crippen molar-refractivity contribution in [1.29, 1.82) is 5.41 Å². The van der Waals surface area contributed by atoms with Gasteiger partial charge < -0.3 is 15.6 Å². The molecule has 2 aromatic rings. The van der Waals surface area contributed by atoms with Gasteiger partial charge >= 0.3 is 0 Å². The lowest BCUT2D eigenvalue weighted by molar-refractivity contribution is 0.325. The standard InChI is InChI=1S/C21H24N4.C12H25N.C3H8.C2H6/c1-3-5-6-7-15-9-19(21(23-4-2)25-13-15)17-10-18-8-16(12-22)14-24-20(18)11-17;1-7-9-13(6)11(8-2)10-12(3,4)5;1-3-2;1-2/h4,6-9,12-14,17,22H,2-3,5,10-11H2,1H3,(H,23,25);8H,7,9-10H2,1-6H3;3H2,1-2H3;1-2H3/b7-6+,22-12?;11-8-;;. The molecule has 0 spiro atoms. The largest absolute Gasteiger partial charge is 0.378 e. The maximum absolute atomic E-state index is 7.41. The summed E-state index contributed by atoms with van der Waals surface area (Å²) in [5.41, 5.74) is 7.42. The van der Waals surface area contributed by atoms with Crippen molar-refractivity contribution in [1.82, 2.24) is 14.9 Å². The average Bonchev–Trinajstić information content (AvgIpc) is 3.41. The summed E-state index contributed by atoms with van der Waals surface area (Å²) in [6, 6.07) is 4.30. The normalized spacial score (nSPS) is 13.8. The fourth-order valence-corrected chi connectivity index (χ4v) is 4.77. The van der Waals surface area contributed by atoms with Crippen LogP contribution in [0.2, 0.25) is 0 Å². The van der Waals surface area contributed by atoms with Gasteiger partial charge in [0.05, 0.1) is 0 Å². The SMILES string of the molecule is C/C=C(/CC(C)(C)C)N(C)CCC.C=CNc1ncc(/C=C/CCC)cc1C1Cc2cc(C=N)cnc2C1.CC.CCC. The van der Waals surface area contributed by atoms with E-state index in [1.54, 1.807) is 12.4 Å². The monoisotopic (exact) mass is 590 g/mol. The quantitative estimate of drug-likeness (QED) is 0.256. The van der Waals surface area contributed by atoms with Gasteiger partial charge in [0, 0.05) is 49.2 Å². The van der Waals surface area contributed by atoms with Gasteiger partial charge in [-0.15, -0.1) is 0 Å². The molecule has 0 fully saturated rings. The van der Waals surface area contributed by atoms with Crippen molar-refractivity contribution >= 4 is 18.1 Å². The third-order valence-electron chi connectivity index (χ3n) is 6.63. The smallest absolute Gasteiger partial charge is 0.133 e. The van der Waals surface area contributed by atoms with E-state index in [9.17, 15) is 0 Å². The zero-order chi connectivity index (χ0) is 32.8. The van der Waals surface area contributed by atoms with E-state index in [1.165, 1.54) is 42.3 Å². The molecule has 2 aromatic heterocycles. The van der Waals surface area contributed by atoms with Gasteiger partial charge in [0.2, 0.25) is 0 Å². The van der Waals surface area contributed by atoms with Gasteiger partial charge in [-0.05, 0) is 85.4 Å². The van der Waals surface area contributed by atoms with Gasteiger partial charge in [-0.2, -0.15) is 0 Å². The zero-order valence-corrected chi connectivity index (χ0v) is 29.5. The maximum Gasteiger partial charge on any atom is 0.133 e. The number of hydrogen-bond acceptors (Lipinski definition) is 5. The second-order valence-electron chi connectivity index (χ2n) is 12.0. The molecule has 1 unspecified atom stereocenters. The number of nitrogens with zero attached hydrogens (tertiary/aromatic N) is 3. The number of nitrogens with one attached hydrogen (secondary N) is 2. The lowest BCUT2D eigenvalue weighted by Crippen LogP contribution is -2.22. The lowest BCUT2D eigenvalue weighted by atomic mass is 9.90. The predicted molar refractivity (Wildman–Crippen MR) is 192 cm³/mol. The molecule has 43 heavy (non-hydrogen) atoms. The first kappa shape index (κ1) is 39.8. The van der Waals surface area contributed by atoms with E-state index in [1.807, 2.05) is 20.0 Å². The highest BCUT2D eigenvalue weighted by Crippen LogP contribution is 2.36. The van der Waals surface area contributed by atoms with Crippen molar-refractivity contribution in [2.45, 2.75) is 120 Å². The van der Waals surface area contributed by atoms with Crippen molar-refractivity contribution in [3.05, 3.63) is 83.1 Å². The summed E-state index contributed by atoms with van der Waals surface area (Å²) < 4.78 is 0. The molecule has 0 saturated carbocycles. The van der Waals surface area contributed by atoms with Crippen molar-refractivity contribution in [3.63, 3.8) is 0 Å². The summed E-state index contributed by atoms with van der Waals surface area (Å²) in [6.07, 6.45) is 21.0. The molecule has 0 saturated heterocycles. The van der Waals surface area contributed by atoms with Gasteiger partial charge in [0.15, 0.2) is 0 Å². The van der Waals surface area contributed by atoms with Crippen LogP contribution < -0.4 is 5.32 Å². The number of allylic oxidation sites excluding steroid dienone is 3. The number of rotatable bonds is 11. The molecular formula is C38H63N5. The van der Waals surface area contributed by atoms with E-state index in [2.05, 4.69) is 120 Å². The highest BCUT2D eigenvalue weighted by molar-refractivity contribution is 5.76. The summed E-state index contributed by atoms with van der Waals surface area (Å²) in [4.78, 5) is 11.5. The Morgan fingerprint density at radius 2 is 1.70 bits per heavy atom. The molecule has 2 heterocycles. The van der Waals surface area contributed by atoms with E-state index in [0.717, 1.165) is 54.9 Å². The highest BCUT2D eigenvalue weighted by Gasteiger charge is 2.26. The predicted octanol–water partition coefficient (Wildman–Crippen LogP) is 10.8. The van der Waals surface area contributed by atoms with E-state index in [-0.39, 0.29) is 0 Å². The second kappa shape index (κ2) is 22.3. The molecule has 1 atom stereocenters. The topological polar surface area (TPSA) is 64.9 Å². The summed E-state index contributed by atoms with van der Waals surface area (Å²) in [6.45, 7) is 26.6. The average molecular weight is 590 g/mol. The first-order chi connectivity index (χ1) is 20.6. The van der Waals surface area contributed by atoms with Crippen molar-refractivity contribution in [2.24, 2.45) is 5.41 Å². The van der Waals surface area contributed by atoms with Crippen LogP contribution in [0.25, 0.3) is 6.08 Å². The Bertz CT molecular complexity index is 1120. The minimum absolute atomic E-state index is 0.345. The molecule has 5 heteroatoms. The molecular weight excluding hydrogens is 526 g/mol. The van der Waals surface area contributed by atoms with Gasteiger partial charge in [0.25, 0.3) is 0 Å². The molecule has 1 aliphatic rings. The van der Waals surface area contributed by atoms with Gasteiger partial charge in [0.1, 0.15) is 5.82 Å². The van der Waals surface area contributed by atoms with E-state index in [0.29, 0.717) is 11.3 Å². The third-order valence-corrected chi connectivity index (χ3v) is 6.63. The Morgan fingerprint density at radius 3 is 2.23 bits per heavy atom. The molecule has 0 bridgehead atoms. The van der Waals surface area contributed by atoms with Gasteiger partial charge in [-0.1, -0.05) is 100.0 Å². The fourth-order valence-electron chi connectivity index (χ4n) is 4.77. The Hall–Kier alpha value is -3.21. The molecule has 3 rings (SSSR count). The summed E-state index contributed by atoms with van der Waals surface area (Å²) in [5.74, 6) is 1.21. The number of fused-ring (bicyclic) bond motifs is 1. The van der Waals surface area contributed by atoms with E-state index >= 15 is 0 Å². The van der Waals surface area contributed by atoms with Crippen LogP contribution in [0.3, 0.4) is 0 Å². The molecule has 0 radical (unpaired) electrons. The molecule has 0 amide bonds. The fraction of sp³-hybridized carbons (Fsp3) is 0.553. The number of anilines is 1. The summed E-state index contributed by atoms with van der Waals surface area (Å²) >= 11 is 0. The molecule has 5 nitrogen and oxygen atoms in total. The van der Waals surface area contributed by atoms with Crippen molar-refractivity contribution in [3.8, 4) is 0 Å². The Morgan fingerprint density at radius 1 is 1.05 bits per heavy atom. The maximum atomic E-state index is 7.41. The van der Waals surface area contributed by atoms with Crippen LogP contribution in [-0.4, -0.2) is 34.7 Å². The van der Waals surface area contributed by atoms with E-state index in [4.69, 9.17) is 5.41 Å². The number of unbranched alkanes of at least 4 members (excludes halogenated alkanes) is 1.